The summed E-state index contributed by atoms with van der Waals surface area (Å²) in [7, 11) is 0. The summed E-state index contributed by atoms with van der Waals surface area (Å²) in [5.41, 5.74) is 0.915. The lowest BCUT2D eigenvalue weighted by molar-refractivity contribution is -0.132. The number of halogens is 1. The number of hydrogen-bond donors (Lipinski definition) is 1. The maximum atomic E-state index is 12.9. The van der Waals surface area contributed by atoms with Crippen LogP contribution in [0.5, 0.6) is 5.75 Å². The van der Waals surface area contributed by atoms with Gasteiger partial charge in [0, 0.05) is 25.2 Å². The Kier molecular flexibility index (Phi) is 5.25. The van der Waals surface area contributed by atoms with Gasteiger partial charge >= 0.3 is 0 Å². The van der Waals surface area contributed by atoms with Crippen molar-refractivity contribution in [2.75, 3.05) is 25.0 Å². The van der Waals surface area contributed by atoms with Crippen molar-refractivity contribution < 1.29 is 13.9 Å². The van der Waals surface area contributed by atoms with Crippen molar-refractivity contribution in [3.63, 3.8) is 0 Å². The lowest BCUT2D eigenvalue weighted by Gasteiger charge is -2.17. The van der Waals surface area contributed by atoms with Crippen molar-refractivity contribution in [3.05, 3.63) is 54.0 Å². The van der Waals surface area contributed by atoms with Gasteiger partial charge in [-0.3, -0.25) is 4.79 Å². The molecule has 24 heavy (non-hydrogen) atoms. The number of amides is 1. The van der Waals surface area contributed by atoms with Crippen LogP contribution in [-0.4, -0.2) is 35.5 Å². The average Bonchev–Trinajstić information content (AvgIpc) is 3.14. The molecule has 1 aromatic carbocycles. The minimum absolute atomic E-state index is 0.0236. The second kappa shape index (κ2) is 7.77. The SMILES string of the molecule is O=C(COc1ccccc1CNc1ccc(F)cn1)N1CCCC1. The quantitative estimate of drug-likeness (QED) is 0.885. The number of rotatable bonds is 6. The predicted molar refractivity (Wildman–Crippen MR) is 89.3 cm³/mol. The van der Waals surface area contributed by atoms with E-state index in [1.54, 1.807) is 6.07 Å². The number of anilines is 1. The first-order chi connectivity index (χ1) is 11.7. The van der Waals surface area contributed by atoms with Crippen molar-refractivity contribution in [1.29, 1.82) is 0 Å². The first kappa shape index (κ1) is 16.2. The molecule has 0 aliphatic carbocycles. The molecule has 1 N–H and O–H groups in total. The van der Waals surface area contributed by atoms with Crippen LogP contribution >= 0.6 is 0 Å². The number of pyridine rings is 1. The number of para-hydroxylation sites is 1. The summed E-state index contributed by atoms with van der Waals surface area (Å²) in [5, 5.41) is 3.12. The Morgan fingerprint density at radius 1 is 1.21 bits per heavy atom. The molecule has 6 heteroatoms. The highest BCUT2D eigenvalue weighted by Crippen LogP contribution is 2.19. The molecule has 0 saturated carbocycles. The lowest BCUT2D eigenvalue weighted by Crippen LogP contribution is -2.32. The molecule has 2 aromatic rings. The Bertz CT molecular complexity index is 685. The number of likely N-dealkylation sites (tertiary alicyclic amines) is 1. The standard InChI is InChI=1S/C18H20FN3O2/c19-15-7-8-17(21-12-15)20-11-14-5-1-2-6-16(14)24-13-18(23)22-9-3-4-10-22/h1-2,5-8,12H,3-4,9-11,13H2,(H,20,21). The van der Waals surface area contributed by atoms with Gasteiger partial charge in [0.1, 0.15) is 17.4 Å². The van der Waals surface area contributed by atoms with Gasteiger partial charge in [-0.05, 0) is 31.0 Å². The molecule has 2 heterocycles. The molecule has 0 radical (unpaired) electrons. The first-order valence-corrected chi connectivity index (χ1v) is 8.06. The van der Waals surface area contributed by atoms with Crippen LogP contribution in [0.25, 0.3) is 0 Å². The van der Waals surface area contributed by atoms with Crippen LogP contribution in [0.4, 0.5) is 10.2 Å². The monoisotopic (exact) mass is 329 g/mol. The summed E-state index contributed by atoms with van der Waals surface area (Å²) in [4.78, 5) is 17.9. The third-order valence-corrected chi connectivity index (χ3v) is 3.97. The highest BCUT2D eigenvalue weighted by molar-refractivity contribution is 5.78. The molecule has 1 saturated heterocycles. The van der Waals surface area contributed by atoms with Gasteiger partial charge in [-0.2, -0.15) is 0 Å². The highest BCUT2D eigenvalue weighted by Gasteiger charge is 2.18. The number of nitrogens with one attached hydrogen (secondary N) is 1. The van der Waals surface area contributed by atoms with Crippen molar-refractivity contribution in [1.82, 2.24) is 9.88 Å². The number of benzene rings is 1. The minimum atomic E-state index is -0.371. The molecule has 1 amide bonds. The van der Waals surface area contributed by atoms with Crippen molar-refractivity contribution in [2.24, 2.45) is 0 Å². The molecule has 1 fully saturated rings. The van der Waals surface area contributed by atoms with Crippen LogP contribution in [-0.2, 0) is 11.3 Å². The highest BCUT2D eigenvalue weighted by atomic mass is 19.1. The predicted octanol–water partition coefficient (Wildman–Crippen LogP) is 2.83. The zero-order valence-electron chi connectivity index (χ0n) is 13.4. The fraction of sp³-hybridized carbons (Fsp3) is 0.333. The number of ether oxygens (including phenoxy) is 1. The number of hydrogen-bond acceptors (Lipinski definition) is 4. The number of aromatic nitrogens is 1. The van der Waals surface area contributed by atoms with Crippen LogP contribution in [0.15, 0.2) is 42.6 Å². The molecule has 1 aromatic heterocycles. The maximum absolute atomic E-state index is 12.9. The van der Waals surface area contributed by atoms with Gasteiger partial charge in [-0.1, -0.05) is 18.2 Å². The van der Waals surface area contributed by atoms with E-state index in [-0.39, 0.29) is 18.3 Å². The molecule has 0 bridgehead atoms. The Morgan fingerprint density at radius 3 is 2.75 bits per heavy atom. The van der Waals surface area contributed by atoms with Gasteiger partial charge in [0.2, 0.25) is 0 Å². The smallest absolute Gasteiger partial charge is 0.260 e. The normalized spacial score (nSPS) is 13.8. The third-order valence-electron chi connectivity index (χ3n) is 3.97. The summed E-state index contributed by atoms with van der Waals surface area (Å²) in [6.45, 7) is 2.17. The molecule has 1 aliphatic heterocycles. The Hall–Kier alpha value is -2.63. The van der Waals surface area contributed by atoms with E-state index in [4.69, 9.17) is 4.74 Å². The molecule has 0 unspecified atom stereocenters. The Balaban J connectivity index is 1.58. The van der Waals surface area contributed by atoms with E-state index in [2.05, 4.69) is 10.3 Å². The second-order valence-electron chi connectivity index (χ2n) is 5.70. The topological polar surface area (TPSA) is 54.5 Å². The molecule has 1 aliphatic rings. The second-order valence-corrected chi connectivity index (χ2v) is 5.70. The van der Waals surface area contributed by atoms with Gasteiger partial charge in [-0.25, -0.2) is 9.37 Å². The zero-order valence-corrected chi connectivity index (χ0v) is 13.4. The summed E-state index contributed by atoms with van der Waals surface area (Å²) in [6.07, 6.45) is 3.30. The molecule has 0 atom stereocenters. The van der Waals surface area contributed by atoms with Gasteiger partial charge in [0.15, 0.2) is 6.61 Å². The van der Waals surface area contributed by atoms with Gasteiger partial charge in [-0.15, -0.1) is 0 Å². The zero-order chi connectivity index (χ0) is 16.8. The van der Waals surface area contributed by atoms with E-state index in [1.807, 2.05) is 29.2 Å². The number of nitrogens with zero attached hydrogens (tertiary/aromatic N) is 2. The van der Waals surface area contributed by atoms with Crippen molar-refractivity contribution in [2.45, 2.75) is 19.4 Å². The van der Waals surface area contributed by atoms with Crippen LogP contribution in [0.1, 0.15) is 18.4 Å². The van der Waals surface area contributed by atoms with Crippen molar-refractivity contribution >= 4 is 11.7 Å². The third kappa shape index (κ3) is 4.22. The fourth-order valence-corrected chi connectivity index (χ4v) is 2.65. The van der Waals surface area contributed by atoms with E-state index < -0.39 is 0 Å². The van der Waals surface area contributed by atoms with E-state index >= 15 is 0 Å². The summed E-state index contributed by atoms with van der Waals surface area (Å²) >= 11 is 0. The van der Waals surface area contributed by atoms with Gasteiger partial charge in [0.25, 0.3) is 5.91 Å². The Morgan fingerprint density at radius 2 is 2.00 bits per heavy atom. The van der Waals surface area contributed by atoms with E-state index in [0.717, 1.165) is 31.5 Å². The molecule has 126 valence electrons. The largest absolute Gasteiger partial charge is 0.483 e. The van der Waals surface area contributed by atoms with E-state index in [9.17, 15) is 9.18 Å². The van der Waals surface area contributed by atoms with Crippen LogP contribution in [0.2, 0.25) is 0 Å². The Labute approximate surface area is 140 Å². The van der Waals surface area contributed by atoms with Crippen molar-refractivity contribution in [3.8, 4) is 5.75 Å². The number of carbonyl (C=O) groups is 1. The fourth-order valence-electron chi connectivity index (χ4n) is 2.65. The van der Waals surface area contributed by atoms with Gasteiger partial charge in [0.05, 0.1) is 6.20 Å². The van der Waals surface area contributed by atoms with E-state index in [1.165, 1.54) is 12.3 Å². The number of carbonyl (C=O) groups excluding carboxylic acids is 1. The summed E-state index contributed by atoms with van der Waals surface area (Å²) in [6, 6.07) is 10.5. The molecular weight excluding hydrogens is 309 g/mol. The first-order valence-electron chi connectivity index (χ1n) is 8.06. The molecule has 5 nitrogen and oxygen atoms in total. The summed E-state index contributed by atoms with van der Waals surface area (Å²) < 4.78 is 18.6. The summed E-state index contributed by atoms with van der Waals surface area (Å²) in [5.74, 6) is 0.902. The average molecular weight is 329 g/mol. The molecule has 3 rings (SSSR count). The van der Waals surface area contributed by atoms with Crippen LogP contribution in [0.3, 0.4) is 0 Å². The minimum Gasteiger partial charge on any atom is -0.483 e. The lowest BCUT2D eigenvalue weighted by atomic mass is 10.2. The van der Waals surface area contributed by atoms with Crippen LogP contribution in [0, 0.1) is 5.82 Å². The van der Waals surface area contributed by atoms with Crippen LogP contribution < -0.4 is 10.1 Å². The van der Waals surface area contributed by atoms with E-state index in [0.29, 0.717) is 18.1 Å². The molecule has 0 spiro atoms. The molecular formula is C18H20FN3O2. The maximum Gasteiger partial charge on any atom is 0.260 e. The van der Waals surface area contributed by atoms with Gasteiger partial charge < -0.3 is 15.0 Å².